The maximum Gasteiger partial charge on any atom is 0.222 e. The van der Waals surface area contributed by atoms with E-state index in [-0.39, 0.29) is 0 Å². The molecule has 0 spiro atoms. The molecule has 1 amide bonds. The Kier molecular flexibility index (Phi) is 6.34. The van der Waals surface area contributed by atoms with Crippen LogP contribution in [0.4, 0.5) is 0 Å². The summed E-state index contributed by atoms with van der Waals surface area (Å²) in [5.74, 6) is 1.04. The molecule has 2 aliphatic rings. The first-order valence-electron chi connectivity index (χ1n) is 8.68. The Balaban J connectivity index is 1.72. The summed E-state index contributed by atoms with van der Waals surface area (Å²) >= 11 is 0. The predicted octanol–water partition coefficient (Wildman–Crippen LogP) is 3.47. The van der Waals surface area contributed by atoms with Crippen molar-refractivity contribution in [1.29, 1.82) is 0 Å². The molecule has 2 rings (SSSR count). The fraction of sp³-hybridized carbons (Fsp3) is 0.941. The number of nitrogens with two attached hydrogens (primary N) is 1. The zero-order chi connectivity index (χ0) is 14.4. The van der Waals surface area contributed by atoms with Crippen molar-refractivity contribution in [3.8, 4) is 0 Å². The summed E-state index contributed by atoms with van der Waals surface area (Å²) in [6.07, 6.45) is 14.3. The molecule has 0 aliphatic heterocycles. The number of amides is 1. The number of carbonyl (C=O) groups is 1. The fourth-order valence-corrected chi connectivity index (χ4v) is 3.95. The van der Waals surface area contributed by atoms with Gasteiger partial charge in [-0.15, -0.1) is 0 Å². The zero-order valence-corrected chi connectivity index (χ0v) is 13.2. The minimum atomic E-state index is 0.357. The Hall–Kier alpha value is -0.570. The van der Waals surface area contributed by atoms with Gasteiger partial charge in [-0.2, -0.15) is 0 Å². The lowest BCUT2D eigenvalue weighted by molar-refractivity contribution is -0.132. The van der Waals surface area contributed by atoms with Crippen molar-refractivity contribution in [3.05, 3.63) is 0 Å². The van der Waals surface area contributed by atoms with Crippen LogP contribution in [0, 0.1) is 5.92 Å². The van der Waals surface area contributed by atoms with Crippen LogP contribution in [0.2, 0.25) is 0 Å². The molecule has 2 aliphatic carbocycles. The Labute approximate surface area is 124 Å². The number of carbonyl (C=O) groups excluding carboxylic acids is 1. The highest BCUT2D eigenvalue weighted by atomic mass is 16.2. The van der Waals surface area contributed by atoms with Crippen LogP contribution in [0.3, 0.4) is 0 Å². The Bertz CT molecular complexity index is 297. The molecule has 2 N–H and O–H groups in total. The summed E-state index contributed by atoms with van der Waals surface area (Å²) in [5, 5.41) is 0. The van der Waals surface area contributed by atoms with E-state index in [1.165, 1.54) is 57.8 Å². The van der Waals surface area contributed by atoms with Crippen molar-refractivity contribution in [2.24, 2.45) is 11.7 Å². The van der Waals surface area contributed by atoms with Crippen molar-refractivity contribution in [1.82, 2.24) is 4.90 Å². The molecule has 0 aromatic carbocycles. The number of nitrogens with zero attached hydrogens (tertiary/aromatic N) is 1. The molecule has 0 bridgehead atoms. The lowest BCUT2D eigenvalue weighted by Crippen LogP contribution is -2.37. The molecule has 3 nitrogen and oxygen atoms in total. The molecule has 0 radical (unpaired) electrons. The predicted molar refractivity (Wildman–Crippen MR) is 83.4 cm³/mol. The maximum atomic E-state index is 12.4. The van der Waals surface area contributed by atoms with Crippen LogP contribution in [0.15, 0.2) is 0 Å². The SMILES string of the molecule is CN(C(=O)CCC1CCCC(N)C1)C1CCCCCC1. The van der Waals surface area contributed by atoms with Crippen LogP contribution in [0.25, 0.3) is 0 Å². The summed E-state index contributed by atoms with van der Waals surface area (Å²) < 4.78 is 0. The average Bonchev–Trinajstić information content (AvgIpc) is 2.73. The third-order valence-corrected chi connectivity index (χ3v) is 5.36. The van der Waals surface area contributed by atoms with Crippen LogP contribution < -0.4 is 5.73 Å². The summed E-state index contributed by atoms with van der Waals surface area (Å²) in [6, 6.07) is 0.877. The van der Waals surface area contributed by atoms with Gasteiger partial charge in [0.1, 0.15) is 0 Å². The topological polar surface area (TPSA) is 46.3 Å². The van der Waals surface area contributed by atoms with Gasteiger partial charge < -0.3 is 10.6 Å². The highest BCUT2D eigenvalue weighted by Gasteiger charge is 2.23. The van der Waals surface area contributed by atoms with E-state index < -0.39 is 0 Å². The number of hydrogen-bond acceptors (Lipinski definition) is 2. The fourth-order valence-electron chi connectivity index (χ4n) is 3.95. The van der Waals surface area contributed by atoms with Gasteiger partial charge in [0.15, 0.2) is 0 Å². The van der Waals surface area contributed by atoms with Gasteiger partial charge in [-0.3, -0.25) is 4.79 Å². The van der Waals surface area contributed by atoms with Crippen LogP contribution in [0.5, 0.6) is 0 Å². The third-order valence-electron chi connectivity index (χ3n) is 5.36. The van der Waals surface area contributed by atoms with E-state index in [1.807, 2.05) is 11.9 Å². The van der Waals surface area contributed by atoms with Crippen molar-refractivity contribution < 1.29 is 4.79 Å². The molecule has 0 saturated heterocycles. The van der Waals surface area contributed by atoms with E-state index in [2.05, 4.69) is 0 Å². The maximum absolute atomic E-state index is 12.4. The van der Waals surface area contributed by atoms with Gasteiger partial charge in [-0.25, -0.2) is 0 Å². The van der Waals surface area contributed by atoms with Gasteiger partial charge in [0.2, 0.25) is 5.91 Å². The Morgan fingerprint density at radius 1 is 1.05 bits per heavy atom. The van der Waals surface area contributed by atoms with Gasteiger partial charge in [0.25, 0.3) is 0 Å². The van der Waals surface area contributed by atoms with E-state index in [4.69, 9.17) is 5.73 Å². The molecule has 2 unspecified atom stereocenters. The second-order valence-electron chi connectivity index (χ2n) is 6.98. The highest BCUT2D eigenvalue weighted by molar-refractivity contribution is 5.76. The van der Waals surface area contributed by atoms with E-state index in [0.717, 1.165) is 19.3 Å². The van der Waals surface area contributed by atoms with E-state index in [1.54, 1.807) is 0 Å². The highest BCUT2D eigenvalue weighted by Crippen LogP contribution is 2.28. The first kappa shape index (κ1) is 15.8. The van der Waals surface area contributed by atoms with Crippen molar-refractivity contribution in [2.75, 3.05) is 7.05 Å². The molecule has 116 valence electrons. The van der Waals surface area contributed by atoms with Gasteiger partial charge in [0.05, 0.1) is 0 Å². The lowest BCUT2D eigenvalue weighted by atomic mass is 9.83. The van der Waals surface area contributed by atoms with E-state index in [0.29, 0.717) is 23.9 Å². The van der Waals surface area contributed by atoms with Gasteiger partial charge >= 0.3 is 0 Å². The van der Waals surface area contributed by atoms with Crippen LogP contribution in [-0.2, 0) is 4.79 Å². The average molecular weight is 280 g/mol. The summed E-state index contributed by atoms with van der Waals surface area (Å²) in [6.45, 7) is 0. The van der Waals surface area contributed by atoms with Crippen LogP contribution >= 0.6 is 0 Å². The number of rotatable bonds is 4. The van der Waals surface area contributed by atoms with E-state index >= 15 is 0 Å². The largest absolute Gasteiger partial charge is 0.343 e. The third kappa shape index (κ3) is 4.76. The molecule has 0 heterocycles. The summed E-state index contributed by atoms with van der Waals surface area (Å²) in [7, 11) is 2.02. The lowest BCUT2D eigenvalue weighted by Gasteiger charge is -2.29. The molecular weight excluding hydrogens is 248 g/mol. The van der Waals surface area contributed by atoms with Crippen molar-refractivity contribution >= 4 is 5.91 Å². The standard InChI is InChI=1S/C17H32N2O/c1-19(16-9-4-2-3-5-10-16)17(20)12-11-14-7-6-8-15(18)13-14/h14-16H,2-13,18H2,1H3. The molecular formula is C17H32N2O. The van der Waals surface area contributed by atoms with Gasteiger partial charge in [0, 0.05) is 25.6 Å². The molecule has 2 atom stereocenters. The molecule has 2 fully saturated rings. The first-order chi connectivity index (χ1) is 9.66. The zero-order valence-electron chi connectivity index (χ0n) is 13.2. The minimum Gasteiger partial charge on any atom is -0.343 e. The molecule has 20 heavy (non-hydrogen) atoms. The number of hydrogen-bond donors (Lipinski definition) is 1. The normalized spacial score (nSPS) is 28.9. The monoisotopic (exact) mass is 280 g/mol. The molecule has 0 aromatic rings. The van der Waals surface area contributed by atoms with Crippen molar-refractivity contribution in [2.45, 2.75) is 89.1 Å². The molecule has 0 aromatic heterocycles. The first-order valence-corrected chi connectivity index (χ1v) is 8.68. The molecule has 3 heteroatoms. The Morgan fingerprint density at radius 2 is 1.75 bits per heavy atom. The second-order valence-corrected chi connectivity index (χ2v) is 6.98. The summed E-state index contributed by atoms with van der Waals surface area (Å²) in [4.78, 5) is 14.4. The van der Waals surface area contributed by atoms with Crippen LogP contribution in [-0.4, -0.2) is 29.9 Å². The van der Waals surface area contributed by atoms with Gasteiger partial charge in [-0.05, 0) is 38.0 Å². The quantitative estimate of drug-likeness (QED) is 0.802. The second kappa shape index (κ2) is 8.02. The van der Waals surface area contributed by atoms with E-state index in [9.17, 15) is 4.79 Å². The molecule has 2 saturated carbocycles. The van der Waals surface area contributed by atoms with Crippen LogP contribution in [0.1, 0.15) is 77.0 Å². The van der Waals surface area contributed by atoms with Crippen molar-refractivity contribution in [3.63, 3.8) is 0 Å². The Morgan fingerprint density at radius 3 is 2.40 bits per heavy atom. The summed E-state index contributed by atoms with van der Waals surface area (Å²) in [5.41, 5.74) is 6.03. The smallest absolute Gasteiger partial charge is 0.222 e. The van der Waals surface area contributed by atoms with Gasteiger partial charge in [-0.1, -0.05) is 38.5 Å². The minimum absolute atomic E-state index is 0.357.